The number of fused-ring (bicyclic) bond motifs is 1. The van der Waals surface area contributed by atoms with Crippen LogP contribution in [0.1, 0.15) is 68.9 Å². The lowest BCUT2D eigenvalue weighted by Crippen LogP contribution is -2.41. The van der Waals surface area contributed by atoms with Gasteiger partial charge < -0.3 is 24.1 Å². The van der Waals surface area contributed by atoms with Crippen molar-refractivity contribution in [2.45, 2.75) is 70.6 Å². The van der Waals surface area contributed by atoms with Gasteiger partial charge in [0.15, 0.2) is 5.82 Å². The highest BCUT2D eigenvalue weighted by Gasteiger charge is 2.52. The van der Waals surface area contributed by atoms with Crippen molar-refractivity contribution in [3.63, 3.8) is 0 Å². The molecule has 1 unspecified atom stereocenters. The molecule has 2 aliphatic heterocycles. The molecular weight excluding hydrogens is 502 g/mol. The van der Waals surface area contributed by atoms with Crippen molar-refractivity contribution in [3.8, 4) is 0 Å². The molecule has 0 spiro atoms. The number of H-pyrrole nitrogens is 1. The number of nitrogens with one attached hydrogen (secondary N) is 1. The molecule has 39 heavy (non-hydrogen) atoms. The molecule has 0 saturated carbocycles. The van der Waals surface area contributed by atoms with E-state index in [9.17, 15) is 9.59 Å². The SMILES string of the molecule is CN(C)C(=O)c1cc2c(B3OC(C)(C)C(C)(C)O3)cc(C3CCCN(C(=O)CCn4ccnn4)C3)c(F)c2[nH]1. The highest BCUT2D eigenvalue weighted by Crippen LogP contribution is 2.38. The van der Waals surface area contributed by atoms with E-state index in [0.29, 0.717) is 42.5 Å². The number of rotatable bonds is 6. The number of aromatic amines is 1. The van der Waals surface area contributed by atoms with Crippen LogP contribution in [0.2, 0.25) is 0 Å². The molecule has 3 aromatic rings. The van der Waals surface area contributed by atoms with Gasteiger partial charge in [0, 0.05) is 51.1 Å². The molecule has 2 aromatic heterocycles. The van der Waals surface area contributed by atoms with Crippen molar-refractivity contribution in [2.75, 3.05) is 27.2 Å². The van der Waals surface area contributed by atoms with Crippen LogP contribution in [0.3, 0.4) is 0 Å². The van der Waals surface area contributed by atoms with Crippen LogP contribution in [0.4, 0.5) is 4.39 Å². The maximum absolute atomic E-state index is 16.2. The van der Waals surface area contributed by atoms with Crippen molar-refractivity contribution in [1.82, 2.24) is 29.8 Å². The molecule has 1 aromatic carbocycles. The molecule has 0 bridgehead atoms. The van der Waals surface area contributed by atoms with Crippen molar-refractivity contribution < 1.29 is 23.3 Å². The highest BCUT2D eigenvalue weighted by atomic mass is 19.1. The fourth-order valence-corrected chi connectivity index (χ4v) is 5.30. The molecule has 5 rings (SSSR count). The number of piperidine rings is 1. The first-order valence-electron chi connectivity index (χ1n) is 13.4. The molecule has 208 valence electrons. The third kappa shape index (κ3) is 5.07. The second kappa shape index (κ2) is 10.1. The van der Waals surface area contributed by atoms with Gasteiger partial charge in [-0.15, -0.1) is 5.10 Å². The van der Waals surface area contributed by atoms with E-state index in [0.717, 1.165) is 12.8 Å². The van der Waals surface area contributed by atoms with Gasteiger partial charge in [0.1, 0.15) is 5.69 Å². The number of aromatic nitrogens is 4. The van der Waals surface area contributed by atoms with Crippen molar-refractivity contribution >= 4 is 35.3 Å². The minimum atomic E-state index is -0.737. The highest BCUT2D eigenvalue weighted by molar-refractivity contribution is 6.65. The van der Waals surface area contributed by atoms with Gasteiger partial charge in [0.05, 0.1) is 29.5 Å². The number of likely N-dealkylation sites (tertiary alicyclic amines) is 1. The minimum Gasteiger partial charge on any atom is -0.399 e. The van der Waals surface area contributed by atoms with E-state index in [4.69, 9.17) is 9.31 Å². The lowest BCUT2D eigenvalue weighted by atomic mass is 9.74. The molecule has 2 saturated heterocycles. The zero-order chi connectivity index (χ0) is 28.1. The second-order valence-electron chi connectivity index (χ2n) is 11.7. The Morgan fingerprint density at radius 3 is 2.56 bits per heavy atom. The van der Waals surface area contributed by atoms with E-state index in [-0.39, 0.29) is 28.9 Å². The number of amides is 2. The van der Waals surface area contributed by atoms with Gasteiger partial charge >= 0.3 is 7.12 Å². The van der Waals surface area contributed by atoms with Crippen molar-refractivity contribution in [3.05, 3.63) is 41.6 Å². The maximum Gasteiger partial charge on any atom is 0.495 e. The topological polar surface area (TPSA) is 106 Å². The number of carbonyl (C=O) groups excluding carboxylic acids is 2. The number of halogens is 1. The fraction of sp³-hybridized carbons (Fsp3) is 0.556. The number of aryl methyl sites for hydroxylation is 1. The van der Waals surface area contributed by atoms with E-state index in [1.807, 2.05) is 33.8 Å². The smallest absolute Gasteiger partial charge is 0.399 e. The summed E-state index contributed by atoms with van der Waals surface area (Å²) < 4.78 is 30.5. The Labute approximate surface area is 227 Å². The molecule has 1 N–H and O–H groups in total. The molecule has 0 aliphatic carbocycles. The first-order valence-corrected chi connectivity index (χ1v) is 13.4. The Morgan fingerprint density at radius 2 is 1.92 bits per heavy atom. The zero-order valence-electron chi connectivity index (χ0n) is 23.5. The molecule has 1 atom stereocenters. The summed E-state index contributed by atoms with van der Waals surface area (Å²) in [6.07, 6.45) is 5.10. The lowest BCUT2D eigenvalue weighted by molar-refractivity contribution is -0.132. The van der Waals surface area contributed by atoms with Gasteiger partial charge in [-0.2, -0.15) is 0 Å². The Bertz CT molecular complexity index is 1370. The van der Waals surface area contributed by atoms with Gasteiger partial charge in [-0.25, -0.2) is 4.39 Å². The number of benzene rings is 1. The first-order chi connectivity index (χ1) is 18.4. The van der Waals surface area contributed by atoms with Crippen LogP contribution in [-0.2, 0) is 20.6 Å². The Hall–Kier alpha value is -3.25. The summed E-state index contributed by atoms with van der Waals surface area (Å²) in [5.74, 6) is -0.878. The lowest BCUT2D eigenvalue weighted by Gasteiger charge is -2.33. The minimum absolute atomic E-state index is 0.00149. The van der Waals surface area contributed by atoms with Crippen LogP contribution in [0.5, 0.6) is 0 Å². The Morgan fingerprint density at radius 1 is 1.21 bits per heavy atom. The maximum atomic E-state index is 16.2. The van der Waals surface area contributed by atoms with Crippen LogP contribution in [-0.4, -0.2) is 87.1 Å². The molecule has 0 radical (unpaired) electrons. The van der Waals surface area contributed by atoms with Gasteiger partial charge in [0.2, 0.25) is 5.91 Å². The van der Waals surface area contributed by atoms with Crippen molar-refractivity contribution in [2.24, 2.45) is 0 Å². The fourth-order valence-electron chi connectivity index (χ4n) is 5.30. The summed E-state index contributed by atoms with van der Waals surface area (Å²) in [7, 11) is 2.57. The Kier molecular flexibility index (Phi) is 7.05. The van der Waals surface area contributed by atoms with Gasteiger partial charge in [0.25, 0.3) is 5.91 Å². The predicted octanol–water partition coefficient (Wildman–Crippen LogP) is 2.70. The monoisotopic (exact) mass is 538 g/mol. The van der Waals surface area contributed by atoms with Crippen LogP contribution >= 0.6 is 0 Å². The molecule has 4 heterocycles. The van der Waals surface area contributed by atoms with Gasteiger partial charge in [-0.1, -0.05) is 11.3 Å². The third-order valence-corrected chi connectivity index (χ3v) is 8.30. The summed E-state index contributed by atoms with van der Waals surface area (Å²) in [6, 6.07) is 3.48. The van der Waals surface area contributed by atoms with E-state index in [2.05, 4.69) is 15.3 Å². The van der Waals surface area contributed by atoms with Crippen LogP contribution < -0.4 is 5.46 Å². The van der Waals surface area contributed by atoms with E-state index in [1.165, 1.54) is 4.90 Å². The summed E-state index contributed by atoms with van der Waals surface area (Å²) in [6.45, 7) is 9.36. The van der Waals surface area contributed by atoms with Crippen LogP contribution in [0, 0.1) is 5.82 Å². The Balaban J connectivity index is 1.50. The van der Waals surface area contributed by atoms with Crippen LogP contribution in [0.15, 0.2) is 24.5 Å². The van der Waals surface area contributed by atoms with Gasteiger partial charge in [-0.3, -0.25) is 14.3 Å². The van der Waals surface area contributed by atoms with E-state index < -0.39 is 24.1 Å². The quantitative estimate of drug-likeness (QED) is 0.484. The standard InChI is InChI=1S/C27H36BFN6O4/c1-26(2)27(3,4)39-28(38-26)20-14-18(23(29)24-19(20)15-21(31-24)25(37)33(5)6)17-8-7-11-34(16-17)22(36)9-12-35-13-10-30-32-35/h10,13-15,17,31H,7-9,11-12,16H2,1-6H3. The molecule has 2 amide bonds. The molecule has 12 heteroatoms. The average Bonchev–Trinajstić information content (AvgIpc) is 3.61. The summed E-state index contributed by atoms with van der Waals surface area (Å²) in [4.78, 5) is 32.1. The van der Waals surface area contributed by atoms with Crippen molar-refractivity contribution in [1.29, 1.82) is 0 Å². The van der Waals surface area contributed by atoms with Gasteiger partial charge in [-0.05, 0) is 57.6 Å². The molecular formula is C27H36BFN6O4. The zero-order valence-corrected chi connectivity index (χ0v) is 23.5. The number of nitrogens with zero attached hydrogens (tertiary/aromatic N) is 5. The number of hydrogen-bond acceptors (Lipinski definition) is 6. The number of carbonyl (C=O) groups is 2. The normalized spacial score (nSPS) is 20.5. The van der Waals surface area contributed by atoms with Crippen LogP contribution in [0.25, 0.3) is 10.9 Å². The molecule has 2 aliphatic rings. The third-order valence-electron chi connectivity index (χ3n) is 8.30. The number of hydrogen-bond donors (Lipinski definition) is 1. The summed E-state index contributed by atoms with van der Waals surface area (Å²) in [5.41, 5.74) is 0.523. The summed E-state index contributed by atoms with van der Waals surface area (Å²) in [5, 5.41) is 8.25. The van der Waals surface area contributed by atoms with E-state index >= 15 is 4.39 Å². The summed E-state index contributed by atoms with van der Waals surface area (Å²) >= 11 is 0. The molecule has 2 fully saturated rings. The first kappa shape index (κ1) is 27.3. The second-order valence-corrected chi connectivity index (χ2v) is 11.7. The van der Waals surface area contributed by atoms with E-state index in [1.54, 1.807) is 42.1 Å². The average molecular weight is 538 g/mol. The predicted molar refractivity (Wildman–Crippen MR) is 145 cm³/mol. The largest absolute Gasteiger partial charge is 0.495 e. The molecule has 10 nitrogen and oxygen atoms in total.